The van der Waals surface area contributed by atoms with Gasteiger partial charge in [0.1, 0.15) is 0 Å². The molecule has 0 aliphatic carbocycles. The number of benzene rings is 1. The predicted molar refractivity (Wildman–Crippen MR) is 104 cm³/mol. The molecule has 0 radical (unpaired) electrons. The van der Waals surface area contributed by atoms with E-state index in [0.717, 1.165) is 5.56 Å². The number of hydrogen-bond donors (Lipinski definition) is 2. The third-order valence-electron chi connectivity index (χ3n) is 4.14. The molecule has 0 unspecified atom stereocenters. The molecule has 8 nitrogen and oxygen atoms in total. The zero-order valence-electron chi connectivity index (χ0n) is 16.0. The van der Waals surface area contributed by atoms with Gasteiger partial charge in [-0.3, -0.25) is 9.59 Å². The number of hydrogen-bond acceptors (Lipinski definition) is 5. The van der Waals surface area contributed by atoms with E-state index in [0.29, 0.717) is 13.1 Å². The minimum absolute atomic E-state index is 0.126. The molecule has 0 aliphatic rings. The van der Waals surface area contributed by atoms with E-state index < -0.39 is 10.0 Å². The first-order valence-corrected chi connectivity index (χ1v) is 10.5. The summed E-state index contributed by atoms with van der Waals surface area (Å²) < 4.78 is 31.2. The van der Waals surface area contributed by atoms with Crippen molar-refractivity contribution in [2.75, 3.05) is 19.6 Å². The number of carbonyl (C=O) groups is 2. The lowest BCUT2D eigenvalue weighted by Crippen LogP contribution is -2.31. The summed E-state index contributed by atoms with van der Waals surface area (Å²) in [4.78, 5) is 23.8. The van der Waals surface area contributed by atoms with Crippen LogP contribution in [0.15, 0.2) is 52.0 Å². The summed E-state index contributed by atoms with van der Waals surface area (Å²) in [7, 11) is -3.49. The van der Waals surface area contributed by atoms with Crippen LogP contribution in [0.25, 0.3) is 0 Å². The van der Waals surface area contributed by atoms with E-state index in [-0.39, 0.29) is 42.0 Å². The second-order valence-corrected chi connectivity index (χ2v) is 7.93. The SMILES string of the molecule is CCN(CC)S(=O)(=O)c1ccc(CNC(=O)CCNC(=O)c2ccco2)cc1. The highest BCUT2D eigenvalue weighted by Crippen LogP contribution is 2.16. The van der Waals surface area contributed by atoms with E-state index in [4.69, 9.17) is 4.42 Å². The number of nitrogens with one attached hydrogen (secondary N) is 2. The monoisotopic (exact) mass is 407 g/mol. The predicted octanol–water partition coefficient (Wildman–Crippen LogP) is 1.75. The quantitative estimate of drug-likeness (QED) is 0.624. The van der Waals surface area contributed by atoms with Gasteiger partial charge in [0, 0.05) is 32.6 Å². The summed E-state index contributed by atoms with van der Waals surface area (Å²) in [6.45, 7) is 4.87. The smallest absolute Gasteiger partial charge is 0.286 e. The zero-order chi connectivity index (χ0) is 20.6. The Morgan fingerprint density at radius 1 is 1.04 bits per heavy atom. The topological polar surface area (TPSA) is 109 Å². The molecule has 2 amide bonds. The molecule has 0 saturated heterocycles. The van der Waals surface area contributed by atoms with Crippen LogP contribution in [0.3, 0.4) is 0 Å². The summed E-state index contributed by atoms with van der Waals surface area (Å²) in [6, 6.07) is 9.59. The highest BCUT2D eigenvalue weighted by atomic mass is 32.2. The molecule has 2 aromatic rings. The fraction of sp³-hybridized carbons (Fsp3) is 0.368. The Balaban J connectivity index is 1.79. The van der Waals surface area contributed by atoms with E-state index in [2.05, 4.69) is 10.6 Å². The van der Waals surface area contributed by atoms with E-state index in [1.54, 1.807) is 50.2 Å². The van der Waals surface area contributed by atoms with Crippen molar-refractivity contribution >= 4 is 21.8 Å². The van der Waals surface area contributed by atoms with Crippen molar-refractivity contribution in [1.29, 1.82) is 0 Å². The van der Waals surface area contributed by atoms with E-state index in [1.165, 1.54) is 10.6 Å². The van der Waals surface area contributed by atoms with Crippen molar-refractivity contribution in [2.45, 2.75) is 31.7 Å². The van der Waals surface area contributed by atoms with Crippen molar-refractivity contribution in [2.24, 2.45) is 0 Å². The van der Waals surface area contributed by atoms with Crippen molar-refractivity contribution in [3.63, 3.8) is 0 Å². The lowest BCUT2D eigenvalue weighted by atomic mass is 10.2. The normalized spacial score (nSPS) is 11.4. The minimum Gasteiger partial charge on any atom is -0.459 e. The second kappa shape index (κ2) is 10.0. The Morgan fingerprint density at radius 2 is 1.71 bits per heavy atom. The van der Waals surface area contributed by atoms with Crippen LogP contribution in [0.5, 0.6) is 0 Å². The van der Waals surface area contributed by atoms with Gasteiger partial charge in [-0.05, 0) is 29.8 Å². The largest absolute Gasteiger partial charge is 0.459 e. The average Bonchev–Trinajstić information content (AvgIpc) is 3.22. The van der Waals surface area contributed by atoms with Gasteiger partial charge in [-0.15, -0.1) is 0 Å². The summed E-state index contributed by atoms with van der Waals surface area (Å²) >= 11 is 0. The first kappa shape index (κ1) is 21.6. The van der Waals surface area contributed by atoms with Gasteiger partial charge < -0.3 is 15.1 Å². The highest BCUT2D eigenvalue weighted by Gasteiger charge is 2.21. The molecule has 1 heterocycles. The Bertz CT molecular complexity index is 873. The Morgan fingerprint density at radius 3 is 2.29 bits per heavy atom. The Labute approximate surface area is 165 Å². The Hall–Kier alpha value is -2.65. The summed E-state index contributed by atoms with van der Waals surface area (Å²) in [5.74, 6) is -0.400. The molecule has 0 saturated carbocycles. The number of nitrogens with zero attached hydrogens (tertiary/aromatic N) is 1. The maximum absolute atomic E-state index is 12.4. The van der Waals surface area contributed by atoms with Crippen LogP contribution in [-0.2, 0) is 21.4 Å². The Kier molecular flexibility index (Phi) is 7.77. The average molecular weight is 407 g/mol. The van der Waals surface area contributed by atoms with Gasteiger partial charge in [-0.25, -0.2) is 8.42 Å². The molecule has 152 valence electrons. The van der Waals surface area contributed by atoms with Gasteiger partial charge in [-0.1, -0.05) is 26.0 Å². The molecule has 2 N–H and O–H groups in total. The van der Waals surface area contributed by atoms with Crippen LogP contribution >= 0.6 is 0 Å². The molecule has 0 aliphatic heterocycles. The van der Waals surface area contributed by atoms with Crippen LogP contribution in [0.2, 0.25) is 0 Å². The molecule has 9 heteroatoms. The van der Waals surface area contributed by atoms with Crippen molar-refractivity contribution < 1.29 is 22.4 Å². The summed E-state index contributed by atoms with van der Waals surface area (Å²) in [6.07, 6.45) is 1.53. The first-order valence-electron chi connectivity index (χ1n) is 9.06. The molecule has 0 fully saturated rings. The maximum atomic E-state index is 12.4. The van der Waals surface area contributed by atoms with Gasteiger partial charge in [0.05, 0.1) is 11.2 Å². The van der Waals surface area contributed by atoms with Crippen LogP contribution in [0.4, 0.5) is 0 Å². The molecular weight excluding hydrogens is 382 g/mol. The zero-order valence-corrected chi connectivity index (χ0v) is 16.8. The van der Waals surface area contributed by atoms with Crippen molar-refractivity contribution in [1.82, 2.24) is 14.9 Å². The highest BCUT2D eigenvalue weighted by molar-refractivity contribution is 7.89. The molecule has 0 spiro atoms. The van der Waals surface area contributed by atoms with Gasteiger partial charge >= 0.3 is 0 Å². The van der Waals surface area contributed by atoms with E-state index >= 15 is 0 Å². The molecule has 1 aromatic carbocycles. The summed E-state index contributed by atoms with van der Waals surface area (Å²) in [5, 5.41) is 5.33. The number of carbonyl (C=O) groups excluding carboxylic acids is 2. The van der Waals surface area contributed by atoms with Crippen LogP contribution < -0.4 is 10.6 Å². The first-order chi connectivity index (χ1) is 13.4. The van der Waals surface area contributed by atoms with Crippen molar-refractivity contribution in [3.05, 3.63) is 54.0 Å². The van der Waals surface area contributed by atoms with E-state index in [9.17, 15) is 18.0 Å². The molecular formula is C19H25N3O5S. The second-order valence-electron chi connectivity index (χ2n) is 5.99. The van der Waals surface area contributed by atoms with Gasteiger partial charge in [0.25, 0.3) is 5.91 Å². The molecule has 2 rings (SSSR count). The molecule has 1 aromatic heterocycles. The minimum atomic E-state index is -3.49. The standard InChI is InChI=1S/C19H25N3O5S/c1-3-22(4-2)28(25,26)16-9-7-15(8-10-16)14-21-18(23)11-12-20-19(24)17-6-5-13-27-17/h5-10,13H,3-4,11-12,14H2,1-2H3,(H,20,24)(H,21,23). The maximum Gasteiger partial charge on any atom is 0.286 e. The van der Waals surface area contributed by atoms with Crippen LogP contribution in [0, 0.1) is 0 Å². The fourth-order valence-corrected chi connectivity index (χ4v) is 4.02. The van der Waals surface area contributed by atoms with Crippen LogP contribution in [-0.4, -0.2) is 44.2 Å². The lowest BCUT2D eigenvalue weighted by molar-refractivity contribution is -0.121. The molecule has 0 bridgehead atoms. The third kappa shape index (κ3) is 5.67. The number of rotatable bonds is 10. The van der Waals surface area contributed by atoms with Gasteiger partial charge in [-0.2, -0.15) is 4.31 Å². The number of furan rings is 1. The third-order valence-corrected chi connectivity index (χ3v) is 6.20. The lowest BCUT2D eigenvalue weighted by Gasteiger charge is -2.18. The number of sulfonamides is 1. The molecule has 28 heavy (non-hydrogen) atoms. The van der Waals surface area contributed by atoms with Crippen molar-refractivity contribution in [3.8, 4) is 0 Å². The fourth-order valence-electron chi connectivity index (χ4n) is 2.57. The van der Waals surface area contributed by atoms with Gasteiger partial charge in [0.2, 0.25) is 15.9 Å². The molecule has 0 atom stereocenters. The van der Waals surface area contributed by atoms with Crippen LogP contribution in [0.1, 0.15) is 36.4 Å². The number of amides is 2. The van der Waals surface area contributed by atoms with E-state index in [1.807, 2.05) is 0 Å². The summed E-state index contributed by atoms with van der Waals surface area (Å²) in [5.41, 5.74) is 0.784. The van der Waals surface area contributed by atoms with Gasteiger partial charge in [0.15, 0.2) is 5.76 Å².